The molecule has 1 aromatic rings. The van der Waals surface area contributed by atoms with E-state index in [2.05, 4.69) is 56.1 Å². The van der Waals surface area contributed by atoms with Crippen LogP contribution in [0.15, 0.2) is 12.4 Å². The summed E-state index contributed by atoms with van der Waals surface area (Å²) in [6, 6.07) is 1.13. The monoisotopic (exact) mass is 279 g/mol. The van der Waals surface area contributed by atoms with Crippen LogP contribution < -0.4 is 4.57 Å². The van der Waals surface area contributed by atoms with E-state index in [1.165, 1.54) is 57.2 Å². The Morgan fingerprint density at radius 3 is 2.10 bits per heavy atom. The first kappa shape index (κ1) is 17.3. The van der Waals surface area contributed by atoms with E-state index in [9.17, 15) is 0 Å². The van der Waals surface area contributed by atoms with E-state index in [0.717, 1.165) is 0 Å². The van der Waals surface area contributed by atoms with Gasteiger partial charge in [-0.2, -0.15) is 0 Å². The lowest BCUT2D eigenvalue weighted by Crippen LogP contribution is -2.39. The topological polar surface area (TPSA) is 8.81 Å². The molecule has 0 saturated heterocycles. The number of hydrogen-bond acceptors (Lipinski definition) is 0. The highest BCUT2D eigenvalue weighted by molar-refractivity contribution is 4.87. The minimum atomic E-state index is 0.564. The van der Waals surface area contributed by atoms with Crippen LogP contribution in [0, 0.1) is 0 Å². The molecule has 0 spiro atoms. The van der Waals surface area contributed by atoms with Gasteiger partial charge in [0.15, 0.2) is 0 Å². The molecule has 0 fully saturated rings. The van der Waals surface area contributed by atoms with E-state index < -0.39 is 0 Å². The van der Waals surface area contributed by atoms with Crippen molar-refractivity contribution in [3.05, 3.63) is 18.2 Å². The number of rotatable bonds is 10. The quantitative estimate of drug-likeness (QED) is 0.409. The summed E-state index contributed by atoms with van der Waals surface area (Å²) in [4.78, 5) is 0. The summed E-state index contributed by atoms with van der Waals surface area (Å²) in [5.41, 5.74) is 0. The van der Waals surface area contributed by atoms with E-state index in [0.29, 0.717) is 12.1 Å². The first-order chi connectivity index (χ1) is 9.57. The summed E-state index contributed by atoms with van der Waals surface area (Å²) in [6.45, 7) is 11.4. The molecule has 2 nitrogen and oxygen atoms in total. The molecular formula is C18H35N2+. The maximum Gasteiger partial charge on any atom is 0.256 e. The zero-order chi connectivity index (χ0) is 15.0. The van der Waals surface area contributed by atoms with Crippen molar-refractivity contribution in [1.29, 1.82) is 0 Å². The van der Waals surface area contributed by atoms with Crippen molar-refractivity contribution in [2.24, 2.45) is 0 Å². The fourth-order valence-corrected chi connectivity index (χ4v) is 2.89. The average Bonchev–Trinajstić information content (AvgIpc) is 2.81. The van der Waals surface area contributed by atoms with Crippen molar-refractivity contribution in [3.63, 3.8) is 0 Å². The van der Waals surface area contributed by atoms with Crippen molar-refractivity contribution in [3.8, 4) is 0 Å². The molecule has 0 atom stereocenters. The molecule has 0 unspecified atom stereocenters. The summed E-state index contributed by atoms with van der Waals surface area (Å²) in [5.74, 6) is 1.50. The number of aromatic nitrogens is 2. The Balaban J connectivity index is 2.43. The van der Waals surface area contributed by atoms with Gasteiger partial charge >= 0.3 is 0 Å². The summed E-state index contributed by atoms with van der Waals surface area (Å²) in [5, 5.41) is 0. The molecule has 0 aliphatic rings. The second-order valence-corrected chi connectivity index (χ2v) is 6.59. The highest BCUT2D eigenvalue weighted by Gasteiger charge is 2.20. The van der Waals surface area contributed by atoms with E-state index >= 15 is 0 Å². The smallest absolute Gasteiger partial charge is 0.232 e. The number of imidazole rings is 1. The van der Waals surface area contributed by atoms with Crippen LogP contribution in [0.4, 0.5) is 0 Å². The van der Waals surface area contributed by atoms with Crippen molar-refractivity contribution in [2.75, 3.05) is 0 Å². The summed E-state index contributed by atoms with van der Waals surface area (Å²) in [6.07, 6.45) is 15.4. The highest BCUT2D eigenvalue weighted by Crippen LogP contribution is 2.13. The molecule has 0 bridgehead atoms. The van der Waals surface area contributed by atoms with Gasteiger partial charge in [-0.3, -0.25) is 0 Å². The van der Waals surface area contributed by atoms with Gasteiger partial charge in [-0.1, -0.05) is 45.4 Å². The van der Waals surface area contributed by atoms with Crippen LogP contribution in [0.5, 0.6) is 0 Å². The Hall–Kier alpha value is -0.790. The van der Waals surface area contributed by atoms with E-state index in [-0.39, 0.29) is 0 Å². The standard InChI is InChI=1S/C18H35N2/c1-6-7-8-9-10-11-12-13-18-19(16(2)3)14-15-20(18)17(4)5/h14-17H,6-13H2,1-5H3/q+1. The minimum Gasteiger partial charge on any atom is -0.232 e. The Morgan fingerprint density at radius 1 is 0.950 bits per heavy atom. The lowest BCUT2D eigenvalue weighted by molar-refractivity contribution is -0.722. The molecule has 1 rings (SSSR count). The molecule has 20 heavy (non-hydrogen) atoms. The lowest BCUT2D eigenvalue weighted by atomic mass is 10.1. The molecule has 116 valence electrons. The molecule has 0 aromatic carbocycles. The number of unbranched alkanes of at least 4 members (excludes halogenated alkanes) is 6. The van der Waals surface area contributed by atoms with E-state index in [1.54, 1.807) is 0 Å². The predicted molar refractivity (Wildman–Crippen MR) is 87.1 cm³/mol. The van der Waals surface area contributed by atoms with Crippen LogP contribution in [0.2, 0.25) is 0 Å². The van der Waals surface area contributed by atoms with Crippen LogP contribution in [-0.4, -0.2) is 4.57 Å². The average molecular weight is 279 g/mol. The third-order valence-electron chi connectivity index (χ3n) is 4.10. The van der Waals surface area contributed by atoms with Crippen molar-refractivity contribution in [2.45, 2.75) is 98.1 Å². The van der Waals surface area contributed by atoms with Crippen LogP contribution in [0.25, 0.3) is 0 Å². The second-order valence-electron chi connectivity index (χ2n) is 6.59. The summed E-state index contributed by atoms with van der Waals surface area (Å²) >= 11 is 0. The first-order valence-electron chi connectivity index (χ1n) is 8.68. The predicted octanol–water partition coefficient (Wildman–Crippen LogP) is 5.23. The molecule has 0 radical (unpaired) electrons. The van der Waals surface area contributed by atoms with Gasteiger partial charge in [0.1, 0.15) is 12.4 Å². The van der Waals surface area contributed by atoms with Crippen molar-refractivity contribution >= 4 is 0 Å². The number of nitrogens with zero attached hydrogens (tertiary/aromatic N) is 2. The Labute approximate surface area is 126 Å². The molecule has 0 amide bonds. The Kier molecular flexibility index (Phi) is 7.94. The maximum absolute atomic E-state index is 2.44. The van der Waals surface area contributed by atoms with Gasteiger partial charge in [-0.05, 0) is 34.1 Å². The molecule has 0 N–H and O–H groups in total. The Bertz CT molecular complexity index is 338. The van der Waals surface area contributed by atoms with Gasteiger partial charge < -0.3 is 0 Å². The second kappa shape index (κ2) is 9.20. The van der Waals surface area contributed by atoms with E-state index in [4.69, 9.17) is 0 Å². The summed E-state index contributed by atoms with van der Waals surface area (Å²) < 4.78 is 4.88. The summed E-state index contributed by atoms with van der Waals surface area (Å²) in [7, 11) is 0. The first-order valence-corrected chi connectivity index (χ1v) is 8.68. The van der Waals surface area contributed by atoms with Crippen molar-refractivity contribution in [1.82, 2.24) is 4.57 Å². The van der Waals surface area contributed by atoms with Gasteiger partial charge in [0.25, 0.3) is 5.82 Å². The van der Waals surface area contributed by atoms with Gasteiger partial charge in [0, 0.05) is 6.42 Å². The van der Waals surface area contributed by atoms with Crippen LogP contribution >= 0.6 is 0 Å². The Morgan fingerprint density at radius 2 is 1.55 bits per heavy atom. The van der Waals surface area contributed by atoms with Crippen LogP contribution in [0.3, 0.4) is 0 Å². The van der Waals surface area contributed by atoms with Gasteiger partial charge in [0.05, 0.1) is 12.1 Å². The number of hydrogen-bond donors (Lipinski definition) is 0. The largest absolute Gasteiger partial charge is 0.256 e. The molecule has 2 heteroatoms. The molecule has 0 saturated carbocycles. The fraction of sp³-hybridized carbons (Fsp3) is 0.833. The normalized spacial score (nSPS) is 11.8. The maximum atomic E-state index is 2.44. The lowest BCUT2D eigenvalue weighted by Gasteiger charge is -2.09. The van der Waals surface area contributed by atoms with Crippen LogP contribution in [0.1, 0.15) is 97.5 Å². The van der Waals surface area contributed by atoms with Crippen LogP contribution in [-0.2, 0) is 6.42 Å². The van der Waals surface area contributed by atoms with E-state index in [1.807, 2.05) is 0 Å². The molecular weight excluding hydrogens is 244 g/mol. The zero-order valence-corrected chi connectivity index (χ0v) is 14.4. The van der Waals surface area contributed by atoms with Crippen molar-refractivity contribution < 1.29 is 4.57 Å². The van der Waals surface area contributed by atoms with Gasteiger partial charge in [-0.25, -0.2) is 9.13 Å². The third-order valence-corrected chi connectivity index (χ3v) is 4.10. The van der Waals surface area contributed by atoms with Gasteiger partial charge in [0.2, 0.25) is 0 Å². The molecule has 0 aliphatic carbocycles. The molecule has 0 aliphatic heterocycles. The molecule has 1 aromatic heterocycles. The fourth-order valence-electron chi connectivity index (χ4n) is 2.89. The van der Waals surface area contributed by atoms with Gasteiger partial charge in [-0.15, -0.1) is 0 Å². The minimum absolute atomic E-state index is 0.564. The third kappa shape index (κ3) is 5.30. The zero-order valence-electron chi connectivity index (χ0n) is 14.4. The molecule has 1 heterocycles. The highest BCUT2D eigenvalue weighted by atomic mass is 15.2. The SMILES string of the molecule is CCCCCCCCCc1n(C(C)C)cc[n+]1C(C)C.